The molecule has 16 heavy (non-hydrogen) atoms. The van der Waals surface area contributed by atoms with E-state index in [0.717, 1.165) is 11.3 Å². The number of allylic oxidation sites excluding steroid dienone is 4. The van der Waals surface area contributed by atoms with Gasteiger partial charge in [-0.2, -0.15) is 0 Å². The average Bonchev–Trinajstić information content (AvgIpc) is 2.21. The van der Waals surface area contributed by atoms with Gasteiger partial charge in [-0.3, -0.25) is 4.79 Å². The van der Waals surface area contributed by atoms with Crippen LogP contribution in [0.15, 0.2) is 48.4 Å². The summed E-state index contributed by atoms with van der Waals surface area (Å²) < 4.78 is 0. The van der Waals surface area contributed by atoms with Crippen LogP contribution in [-0.2, 0) is 4.79 Å². The van der Waals surface area contributed by atoms with Crippen LogP contribution in [0, 0.1) is 5.41 Å². The molecule has 1 aliphatic heterocycles. The maximum Gasteiger partial charge on any atom is 0.313 e. The largest absolute Gasteiger partial charge is 0.481 e. The van der Waals surface area contributed by atoms with Gasteiger partial charge in [0.1, 0.15) is 0 Å². The van der Waals surface area contributed by atoms with Crippen LogP contribution >= 0.6 is 0 Å². The van der Waals surface area contributed by atoms with Crippen molar-refractivity contribution in [2.45, 2.75) is 13.8 Å². The third-order valence-electron chi connectivity index (χ3n) is 2.72. The van der Waals surface area contributed by atoms with Gasteiger partial charge in [-0.25, -0.2) is 0 Å². The van der Waals surface area contributed by atoms with Crippen molar-refractivity contribution in [1.82, 2.24) is 4.90 Å². The third kappa shape index (κ3) is 2.24. The monoisotopic (exact) mass is 219 g/mol. The molecule has 0 fully saturated rings. The summed E-state index contributed by atoms with van der Waals surface area (Å²) in [5.41, 5.74) is 0.897. The minimum absolute atomic E-state index is 0.781. The lowest BCUT2D eigenvalue weighted by molar-refractivity contribution is -0.144. The molecule has 3 nitrogen and oxygen atoms in total. The number of aliphatic carboxylic acids is 1. The molecular weight excluding hydrogens is 202 g/mol. The number of nitrogens with zero attached hydrogens (tertiary/aromatic N) is 1. The van der Waals surface area contributed by atoms with Crippen LogP contribution in [0.1, 0.15) is 13.8 Å². The van der Waals surface area contributed by atoms with Crippen LogP contribution in [0.3, 0.4) is 0 Å². The van der Waals surface area contributed by atoms with E-state index in [0.29, 0.717) is 0 Å². The van der Waals surface area contributed by atoms with Crippen LogP contribution in [0.4, 0.5) is 0 Å². The Kier molecular flexibility index (Phi) is 3.38. The molecule has 0 aromatic heterocycles. The molecule has 0 amide bonds. The second-order valence-electron chi connectivity index (χ2n) is 4.29. The van der Waals surface area contributed by atoms with Crippen molar-refractivity contribution in [3.05, 3.63) is 48.4 Å². The average molecular weight is 219 g/mol. The molecule has 0 aliphatic carbocycles. The molecule has 86 valence electrons. The lowest BCUT2D eigenvalue weighted by Crippen LogP contribution is -2.28. The molecule has 0 aromatic carbocycles. The summed E-state index contributed by atoms with van der Waals surface area (Å²) >= 11 is 0. The Balaban J connectivity index is 3.03. The Morgan fingerprint density at radius 1 is 1.50 bits per heavy atom. The highest BCUT2D eigenvalue weighted by Gasteiger charge is 2.31. The molecular formula is C13H17NO2. The molecule has 0 atom stereocenters. The Morgan fingerprint density at radius 3 is 2.56 bits per heavy atom. The maximum absolute atomic E-state index is 11.1. The summed E-state index contributed by atoms with van der Waals surface area (Å²) in [4.78, 5) is 13.0. The van der Waals surface area contributed by atoms with E-state index < -0.39 is 11.4 Å². The van der Waals surface area contributed by atoms with Crippen molar-refractivity contribution < 1.29 is 9.90 Å². The van der Waals surface area contributed by atoms with Crippen LogP contribution in [-0.4, -0.2) is 23.0 Å². The van der Waals surface area contributed by atoms with Gasteiger partial charge >= 0.3 is 5.97 Å². The molecule has 1 aliphatic rings. The molecule has 0 radical (unpaired) electrons. The maximum atomic E-state index is 11.1. The fraction of sp³-hybridized carbons (Fsp3) is 0.308. The van der Waals surface area contributed by atoms with Gasteiger partial charge in [0.05, 0.1) is 5.41 Å². The minimum atomic E-state index is -0.871. The van der Waals surface area contributed by atoms with E-state index in [2.05, 4.69) is 6.58 Å². The molecule has 0 spiro atoms. The van der Waals surface area contributed by atoms with E-state index in [-0.39, 0.29) is 0 Å². The first-order valence-electron chi connectivity index (χ1n) is 5.09. The fourth-order valence-electron chi connectivity index (χ4n) is 1.41. The number of hydrogen-bond donors (Lipinski definition) is 1. The van der Waals surface area contributed by atoms with E-state index in [1.54, 1.807) is 19.9 Å². The zero-order valence-corrected chi connectivity index (χ0v) is 9.90. The van der Waals surface area contributed by atoms with Crippen LogP contribution < -0.4 is 0 Å². The van der Waals surface area contributed by atoms with Crippen molar-refractivity contribution >= 4 is 5.97 Å². The lowest BCUT2D eigenvalue weighted by Gasteiger charge is -2.28. The highest BCUT2D eigenvalue weighted by Crippen LogP contribution is 2.31. The molecule has 0 unspecified atom stereocenters. The van der Waals surface area contributed by atoms with Crippen molar-refractivity contribution in [3.63, 3.8) is 0 Å². The smallest absolute Gasteiger partial charge is 0.313 e. The van der Waals surface area contributed by atoms with Crippen molar-refractivity contribution in [2.75, 3.05) is 7.05 Å². The van der Waals surface area contributed by atoms with E-state index in [4.69, 9.17) is 5.11 Å². The van der Waals surface area contributed by atoms with E-state index in [1.807, 2.05) is 36.4 Å². The van der Waals surface area contributed by atoms with Gasteiger partial charge in [-0.1, -0.05) is 18.7 Å². The summed E-state index contributed by atoms with van der Waals surface area (Å²) in [5.74, 6) is -0.826. The Morgan fingerprint density at radius 2 is 2.12 bits per heavy atom. The molecule has 0 saturated heterocycles. The second-order valence-corrected chi connectivity index (χ2v) is 4.29. The first-order chi connectivity index (χ1) is 7.39. The third-order valence-corrected chi connectivity index (χ3v) is 2.72. The van der Waals surface area contributed by atoms with Crippen molar-refractivity contribution in [3.8, 4) is 0 Å². The SMILES string of the molecule is C=C/C=C1/C=CC(C(C)(C)C(=O)O)=CN1C. The first-order valence-corrected chi connectivity index (χ1v) is 5.09. The molecule has 1 rings (SSSR count). The zero-order chi connectivity index (χ0) is 12.3. The zero-order valence-electron chi connectivity index (χ0n) is 9.90. The summed E-state index contributed by atoms with van der Waals surface area (Å²) in [5, 5.41) is 9.13. The molecule has 0 bridgehead atoms. The van der Waals surface area contributed by atoms with E-state index >= 15 is 0 Å². The summed E-state index contributed by atoms with van der Waals surface area (Å²) in [6.45, 7) is 7.03. The van der Waals surface area contributed by atoms with Crippen molar-refractivity contribution in [1.29, 1.82) is 0 Å². The van der Waals surface area contributed by atoms with Gasteiger partial charge in [-0.05, 0) is 31.6 Å². The van der Waals surface area contributed by atoms with E-state index in [9.17, 15) is 4.79 Å². The number of carboxylic acid groups (broad SMARTS) is 1. The fourth-order valence-corrected chi connectivity index (χ4v) is 1.41. The van der Waals surface area contributed by atoms with Crippen LogP contribution in [0.2, 0.25) is 0 Å². The van der Waals surface area contributed by atoms with Gasteiger partial charge < -0.3 is 10.0 Å². The highest BCUT2D eigenvalue weighted by molar-refractivity contribution is 5.78. The Bertz CT molecular complexity index is 400. The van der Waals surface area contributed by atoms with Crippen LogP contribution in [0.5, 0.6) is 0 Å². The number of hydrogen-bond acceptors (Lipinski definition) is 2. The molecule has 0 aromatic rings. The van der Waals surface area contributed by atoms with Gasteiger partial charge in [0.15, 0.2) is 0 Å². The van der Waals surface area contributed by atoms with Crippen LogP contribution in [0.25, 0.3) is 0 Å². The molecule has 0 saturated carbocycles. The minimum Gasteiger partial charge on any atom is -0.481 e. The topological polar surface area (TPSA) is 40.5 Å². The normalized spacial score (nSPS) is 18.6. The van der Waals surface area contributed by atoms with E-state index in [1.165, 1.54) is 0 Å². The number of carboxylic acids is 1. The number of rotatable bonds is 3. The summed E-state index contributed by atoms with van der Waals surface area (Å²) in [6, 6.07) is 0. The predicted octanol–water partition coefficient (Wildman–Crippen LogP) is 2.55. The second kappa shape index (κ2) is 4.39. The predicted molar refractivity (Wildman–Crippen MR) is 64.7 cm³/mol. The number of carbonyl (C=O) groups is 1. The number of likely N-dealkylation sites (N-methyl/N-ethyl adjacent to an activating group) is 1. The molecule has 1 heterocycles. The quantitative estimate of drug-likeness (QED) is 0.793. The standard InChI is InChI=1S/C13H17NO2/c1-5-6-11-8-7-10(9-14(11)4)13(2,3)12(15)16/h5-9H,1H2,2-4H3,(H,15,16)/b11-6-. The Labute approximate surface area is 96.1 Å². The Hall–Kier alpha value is -1.77. The first kappa shape index (κ1) is 12.3. The highest BCUT2D eigenvalue weighted by atomic mass is 16.4. The van der Waals surface area contributed by atoms with Gasteiger partial charge in [-0.15, -0.1) is 0 Å². The van der Waals surface area contributed by atoms with Crippen molar-refractivity contribution in [2.24, 2.45) is 5.41 Å². The van der Waals surface area contributed by atoms with Gasteiger partial charge in [0, 0.05) is 18.9 Å². The summed E-state index contributed by atoms with van der Waals surface area (Å²) in [7, 11) is 1.89. The van der Waals surface area contributed by atoms with Gasteiger partial charge in [0.2, 0.25) is 0 Å². The lowest BCUT2D eigenvalue weighted by atomic mass is 9.83. The molecule has 3 heteroatoms. The summed E-state index contributed by atoms with van der Waals surface area (Å²) in [6.07, 6.45) is 9.14. The van der Waals surface area contributed by atoms with Gasteiger partial charge in [0.25, 0.3) is 0 Å². The molecule has 1 N–H and O–H groups in total.